The van der Waals surface area contributed by atoms with Crippen molar-refractivity contribution in [1.29, 1.82) is 0 Å². The number of rotatable bonds is 6. The summed E-state index contributed by atoms with van der Waals surface area (Å²) >= 11 is 3.17. The number of carbonyl (C=O) groups excluding carboxylic acids is 1. The lowest BCUT2D eigenvalue weighted by Gasteiger charge is -2.11. The van der Waals surface area contributed by atoms with Gasteiger partial charge in [0.15, 0.2) is 0 Å². The van der Waals surface area contributed by atoms with Crippen LogP contribution >= 0.6 is 26.6 Å². The fourth-order valence-corrected chi connectivity index (χ4v) is 3.45. The van der Waals surface area contributed by atoms with Crippen LogP contribution < -0.4 is 5.32 Å². The number of benzene rings is 1. The van der Waals surface area contributed by atoms with Crippen molar-refractivity contribution < 1.29 is 17.9 Å². The second-order valence-corrected chi connectivity index (χ2v) is 7.42. The van der Waals surface area contributed by atoms with Gasteiger partial charge in [0.2, 0.25) is 0 Å². The van der Waals surface area contributed by atoms with Crippen molar-refractivity contribution in [2.75, 3.05) is 19.8 Å². The van der Waals surface area contributed by atoms with Gasteiger partial charge in [-0.05, 0) is 31.5 Å². The topological polar surface area (TPSA) is 72.5 Å². The first-order chi connectivity index (χ1) is 9.27. The van der Waals surface area contributed by atoms with Crippen molar-refractivity contribution in [2.24, 2.45) is 0 Å². The van der Waals surface area contributed by atoms with Crippen molar-refractivity contribution in [3.63, 3.8) is 0 Å². The van der Waals surface area contributed by atoms with Gasteiger partial charge in [0.05, 0.1) is 11.5 Å². The third kappa shape index (κ3) is 4.73. The van der Waals surface area contributed by atoms with Crippen molar-refractivity contribution in [3.8, 4) is 0 Å². The molecule has 112 valence electrons. The Bertz CT molecular complexity index is 604. The second kappa shape index (κ2) is 7.40. The zero-order valence-electron chi connectivity index (χ0n) is 11.1. The predicted octanol–water partition coefficient (Wildman–Crippen LogP) is 2.45. The maximum absolute atomic E-state index is 12.0. The molecule has 8 heteroatoms. The minimum absolute atomic E-state index is 0.0801. The molecule has 0 aliphatic carbocycles. The molecule has 0 saturated carbocycles. The molecule has 1 aromatic rings. The molecule has 5 nitrogen and oxygen atoms in total. The van der Waals surface area contributed by atoms with Crippen LogP contribution in [0.4, 0.5) is 0 Å². The molecule has 1 N–H and O–H groups in total. The Morgan fingerprint density at radius 1 is 1.45 bits per heavy atom. The highest BCUT2D eigenvalue weighted by molar-refractivity contribution is 9.10. The number of halogens is 2. The monoisotopic (exact) mass is 383 g/mol. The summed E-state index contributed by atoms with van der Waals surface area (Å²) in [5.74, 6) is -0.370. The van der Waals surface area contributed by atoms with Crippen molar-refractivity contribution in [1.82, 2.24) is 5.32 Å². The third-order valence-corrected chi connectivity index (χ3v) is 4.47. The highest BCUT2D eigenvalue weighted by Crippen LogP contribution is 2.27. The van der Waals surface area contributed by atoms with Gasteiger partial charge in [-0.1, -0.05) is 15.9 Å². The molecule has 0 fully saturated rings. The van der Waals surface area contributed by atoms with Crippen LogP contribution in [0.3, 0.4) is 0 Å². The van der Waals surface area contributed by atoms with Crippen LogP contribution in [-0.2, 0) is 13.8 Å². The first kappa shape index (κ1) is 17.4. The van der Waals surface area contributed by atoms with Crippen LogP contribution in [0, 0.1) is 6.92 Å². The number of hydrogen-bond donors (Lipinski definition) is 1. The Morgan fingerprint density at radius 3 is 2.65 bits per heavy atom. The van der Waals surface area contributed by atoms with E-state index in [1.165, 1.54) is 6.07 Å². The molecule has 0 bridgehead atoms. The fourth-order valence-electron chi connectivity index (χ4n) is 1.62. The number of amides is 1. The standard InChI is InChI=1S/C12H15BrClNO4S/c1-3-19-5-4-15-12(16)10-6-9(13)7-11(8(10)2)20(14,17)18/h6-7H,3-5H2,1-2H3,(H,15,16). The summed E-state index contributed by atoms with van der Waals surface area (Å²) < 4.78 is 28.5. The van der Waals surface area contributed by atoms with Gasteiger partial charge in [0.1, 0.15) is 0 Å². The van der Waals surface area contributed by atoms with E-state index in [4.69, 9.17) is 15.4 Å². The van der Waals surface area contributed by atoms with Crippen LogP contribution in [-0.4, -0.2) is 34.1 Å². The number of ether oxygens (including phenoxy) is 1. The second-order valence-electron chi connectivity index (χ2n) is 3.97. The molecule has 0 spiro atoms. The van der Waals surface area contributed by atoms with Crippen molar-refractivity contribution in [3.05, 3.63) is 27.7 Å². The van der Waals surface area contributed by atoms with Crippen molar-refractivity contribution >= 4 is 41.6 Å². The quantitative estimate of drug-likeness (QED) is 0.604. The molecule has 0 heterocycles. The zero-order valence-corrected chi connectivity index (χ0v) is 14.2. The molecule has 20 heavy (non-hydrogen) atoms. The molecule has 1 aromatic carbocycles. The van der Waals surface area contributed by atoms with Crippen LogP contribution in [0.25, 0.3) is 0 Å². The maximum atomic E-state index is 12.0. The molecule has 0 aliphatic rings. The van der Waals surface area contributed by atoms with Crippen LogP contribution in [0.5, 0.6) is 0 Å². The number of carbonyl (C=O) groups is 1. The Kier molecular flexibility index (Phi) is 6.44. The highest BCUT2D eigenvalue weighted by atomic mass is 79.9. The first-order valence-electron chi connectivity index (χ1n) is 5.88. The molecule has 0 aliphatic heterocycles. The predicted molar refractivity (Wildman–Crippen MR) is 80.7 cm³/mol. The van der Waals surface area contributed by atoms with Crippen LogP contribution in [0.1, 0.15) is 22.8 Å². The lowest BCUT2D eigenvalue weighted by molar-refractivity contribution is 0.0921. The van der Waals surface area contributed by atoms with Crippen LogP contribution in [0.15, 0.2) is 21.5 Å². The fraction of sp³-hybridized carbons (Fsp3) is 0.417. The summed E-state index contributed by atoms with van der Waals surface area (Å²) in [6.45, 7) is 4.72. The van der Waals surface area contributed by atoms with E-state index in [9.17, 15) is 13.2 Å². The van der Waals surface area contributed by atoms with Gasteiger partial charge in [-0.3, -0.25) is 4.79 Å². The summed E-state index contributed by atoms with van der Waals surface area (Å²) in [6, 6.07) is 2.92. The minimum Gasteiger partial charge on any atom is -0.380 e. The van der Waals surface area contributed by atoms with E-state index >= 15 is 0 Å². The van der Waals surface area contributed by atoms with Gasteiger partial charge >= 0.3 is 0 Å². The molecule has 0 aromatic heterocycles. The Hall–Kier alpha value is -0.630. The maximum Gasteiger partial charge on any atom is 0.261 e. The normalized spacial score (nSPS) is 11.4. The largest absolute Gasteiger partial charge is 0.380 e. The van der Waals surface area contributed by atoms with E-state index in [1.54, 1.807) is 13.0 Å². The molecule has 0 saturated heterocycles. The SMILES string of the molecule is CCOCCNC(=O)c1cc(Br)cc(S(=O)(=O)Cl)c1C. The number of hydrogen-bond acceptors (Lipinski definition) is 4. The van der Waals surface area contributed by atoms with E-state index in [0.29, 0.717) is 29.8 Å². The Labute approximate surface area is 131 Å². The molecule has 1 rings (SSSR count). The van der Waals surface area contributed by atoms with Gasteiger partial charge in [-0.25, -0.2) is 8.42 Å². The smallest absolute Gasteiger partial charge is 0.261 e. The zero-order chi connectivity index (χ0) is 15.3. The number of nitrogens with one attached hydrogen (secondary N) is 1. The summed E-state index contributed by atoms with van der Waals surface area (Å²) in [4.78, 5) is 12.0. The van der Waals surface area contributed by atoms with E-state index < -0.39 is 9.05 Å². The molecule has 0 atom stereocenters. The molecule has 0 radical (unpaired) electrons. The lowest BCUT2D eigenvalue weighted by atomic mass is 10.1. The van der Waals surface area contributed by atoms with E-state index in [2.05, 4.69) is 21.2 Å². The van der Waals surface area contributed by atoms with Crippen molar-refractivity contribution in [2.45, 2.75) is 18.7 Å². The van der Waals surface area contributed by atoms with Gasteiger partial charge in [0.25, 0.3) is 15.0 Å². The molecule has 1 amide bonds. The van der Waals surface area contributed by atoms with Gasteiger partial charge < -0.3 is 10.1 Å². The summed E-state index contributed by atoms with van der Waals surface area (Å²) in [6.07, 6.45) is 0. The Morgan fingerprint density at radius 2 is 2.10 bits per heavy atom. The summed E-state index contributed by atoms with van der Waals surface area (Å²) in [7, 11) is 1.45. The average molecular weight is 385 g/mol. The third-order valence-electron chi connectivity index (χ3n) is 2.57. The van der Waals surface area contributed by atoms with E-state index in [1.807, 2.05) is 6.92 Å². The van der Waals surface area contributed by atoms with Gasteiger partial charge in [-0.15, -0.1) is 0 Å². The average Bonchev–Trinajstić information content (AvgIpc) is 2.35. The van der Waals surface area contributed by atoms with Gasteiger partial charge in [-0.2, -0.15) is 0 Å². The van der Waals surface area contributed by atoms with E-state index in [0.717, 1.165) is 0 Å². The first-order valence-corrected chi connectivity index (χ1v) is 8.98. The van der Waals surface area contributed by atoms with E-state index in [-0.39, 0.29) is 16.4 Å². The van der Waals surface area contributed by atoms with Crippen LogP contribution in [0.2, 0.25) is 0 Å². The lowest BCUT2D eigenvalue weighted by Crippen LogP contribution is -2.28. The highest BCUT2D eigenvalue weighted by Gasteiger charge is 2.20. The summed E-state index contributed by atoms with van der Waals surface area (Å²) in [5, 5.41) is 2.66. The summed E-state index contributed by atoms with van der Waals surface area (Å²) in [5.41, 5.74) is 0.576. The minimum atomic E-state index is -3.90. The molecular formula is C12H15BrClNO4S. The Balaban J connectivity index is 3.01. The molecular weight excluding hydrogens is 370 g/mol. The molecule has 0 unspecified atom stereocenters. The van der Waals surface area contributed by atoms with Gasteiger partial charge in [0, 0.05) is 33.9 Å².